The molecular formula is C18H16FNO4S. The van der Waals surface area contributed by atoms with Crippen molar-refractivity contribution in [2.24, 2.45) is 0 Å². The number of benzene rings is 1. The number of hydrogen-bond acceptors (Lipinski definition) is 5. The predicted molar refractivity (Wildman–Crippen MR) is 93.8 cm³/mol. The topological polar surface area (TPSA) is 68.5 Å². The molecule has 7 heteroatoms. The molecule has 1 N–H and O–H groups in total. The van der Waals surface area contributed by atoms with Gasteiger partial charge in [0.25, 0.3) is 5.56 Å². The van der Waals surface area contributed by atoms with E-state index in [0.29, 0.717) is 15.8 Å². The number of ether oxygens (including phenoxy) is 1. The summed E-state index contributed by atoms with van der Waals surface area (Å²) in [6, 6.07) is 7.55. The van der Waals surface area contributed by atoms with E-state index in [1.54, 1.807) is 37.4 Å². The summed E-state index contributed by atoms with van der Waals surface area (Å²) in [4.78, 5) is 25.1. The van der Waals surface area contributed by atoms with Crippen molar-refractivity contribution in [3.8, 4) is 5.75 Å². The molecule has 0 saturated carbocycles. The van der Waals surface area contributed by atoms with Crippen molar-refractivity contribution in [2.45, 2.75) is 26.5 Å². The van der Waals surface area contributed by atoms with Crippen LogP contribution in [0.5, 0.6) is 5.75 Å². The molecule has 3 aromatic rings. The Hall–Kier alpha value is -2.67. The number of fused-ring (bicyclic) bond motifs is 1. The van der Waals surface area contributed by atoms with Crippen LogP contribution in [0, 0.1) is 5.82 Å². The molecule has 0 radical (unpaired) electrons. The molecule has 0 aliphatic rings. The van der Waals surface area contributed by atoms with Crippen LogP contribution in [0.1, 0.15) is 29.8 Å². The fraction of sp³-hybridized carbons (Fsp3) is 0.222. The van der Waals surface area contributed by atoms with Crippen LogP contribution in [-0.4, -0.2) is 21.7 Å². The van der Waals surface area contributed by atoms with E-state index in [1.165, 1.54) is 28.0 Å². The quantitative estimate of drug-likeness (QED) is 0.722. The first-order valence-corrected chi connectivity index (χ1v) is 8.55. The molecule has 130 valence electrons. The minimum absolute atomic E-state index is 0.0755. The van der Waals surface area contributed by atoms with Gasteiger partial charge in [-0.05, 0) is 43.0 Å². The maximum Gasteiger partial charge on any atom is 0.347 e. The van der Waals surface area contributed by atoms with Crippen LogP contribution in [0.4, 0.5) is 4.39 Å². The van der Waals surface area contributed by atoms with Crippen LogP contribution in [-0.2, 0) is 11.3 Å². The van der Waals surface area contributed by atoms with Crippen molar-refractivity contribution in [2.75, 3.05) is 0 Å². The van der Waals surface area contributed by atoms with E-state index in [0.717, 1.165) is 0 Å². The van der Waals surface area contributed by atoms with E-state index in [4.69, 9.17) is 4.74 Å². The summed E-state index contributed by atoms with van der Waals surface area (Å²) in [7, 11) is 0. The Morgan fingerprint density at radius 3 is 2.80 bits per heavy atom. The monoisotopic (exact) mass is 361 g/mol. The molecule has 0 bridgehead atoms. The van der Waals surface area contributed by atoms with Crippen molar-refractivity contribution >= 4 is 27.5 Å². The lowest BCUT2D eigenvalue weighted by molar-refractivity contribution is 0.0372. The summed E-state index contributed by atoms with van der Waals surface area (Å²) in [6.07, 6.45) is -0.429. The highest BCUT2D eigenvalue weighted by atomic mass is 32.1. The molecule has 2 aromatic heterocycles. The zero-order valence-electron chi connectivity index (χ0n) is 13.7. The molecule has 0 spiro atoms. The van der Waals surface area contributed by atoms with E-state index in [9.17, 15) is 19.1 Å². The Morgan fingerprint density at radius 2 is 2.12 bits per heavy atom. The highest BCUT2D eigenvalue weighted by Gasteiger charge is 2.25. The molecule has 0 unspecified atom stereocenters. The predicted octanol–water partition coefficient (Wildman–Crippen LogP) is 3.52. The van der Waals surface area contributed by atoms with Gasteiger partial charge in [-0.1, -0.05) is 12.1 Å². The number of thiophene rings is 1. The van der Waals surface area contributed by atoms with Crippen molar-refractivity contribution in [1.82, 2.24) is 4.57 Å². The lowest BCUT2D eigenvalue weighted by Gasteiger charge is -2.13. The highest BCUT2D eigenvalue weighted by molar-refractivity contribution is 7.17. The number of halogens is 1. The standard InChI is InChI=1S/C18H16FNO4S/c1-10(2)24-18(23)14-15(21)16-13(6-7-25-16)20(17(14)22)9-11-4-3-5-12(19)8-11/h3-8,10,21H,9H2,1-2H3. The maximum atomic E-state index is 13.4. The van der Waals surface area contributed by atoms with Crippen LogP contribution in [0.3, 0.4) is 0 Å². The summed E-state index contributed by atoms with van der Waals surface area (Å²) >= 11 is 1.21. The van der Waals surface area contributed by atoms with Crippen molar-refractivity contribution < 1.29 is 19.0 Å². The van der Waals surface area contributed by atoms with Crippen LogP contribution < -0.4 is 5.56 Å². The van der Waals surface area contributed by atoms with Gasteiger partial charge >= 0.3 is 5.97 Å². The number of hydrogen-bond donors (Lipinski definition) is 1. The van der Waals surface area contributed by atoms with Crippen LogP contribution in [0.2, 0.25) is 0 Å². The SMILES string of the molecule is CC(C)OC(=O)c1c(O)c2sccc2n(Cc2cccc(F)c2)c1=O. The number of nitrogens with zero attached hydrogens (tertiary/aromatic N) is 1. The molecule has 0 saturated heterocycles. The molecule has 25 heavy (non-hydrogen) atoms. The van der Waals surface area contributed by atoms with E-state index in [1.807, 2.05) is 0 Å². The lowest BCUT2D eigenvalue weighted by atomic mass is 10.2. The number of carbonyl (C=O) groups is 1. The Labute approximate surface area is 146 Å². The first-order valence-electron chi connectivity index (χ1n) is 7.67. The van der Waals surface area contributed by atoms with Crippen molar-refractivity contribution in [3.63, 3.8) is 0 Å². The Morgan fingerprint density at radius 1 is 1.36 bits per heavy atom. The molecule has 0 aliphatic heterocycles. The summed E-state index contributed by atoms with van der Waals surface area (Å²) in [5.41, 5.74) is -0.0142. The average molecular weight is 361 g/mol. The maximum absolute atomic E-state index is 13.4. The second-order valence-electron chi connectivity index (χ2n) is 5.83. The normalized spacial score (nSPS) is 11.2. The second kappa shape index (κ2) is 6.68. The van der Waals surface area contributed by atoms with E-state index < -0.39 is 29.0 Å². The fourth-order valence-electron chi connectivity index (χ4n) is 2.58. The Bertz CT molecular complexity index is 1010. The fourth-order valence-corrected chi connectivity index (χ4v) is 3.43. The van der Waals surface area contributed by atoms with Crippen LogP contribution in [0.15, 0.2) is 40.5 Å². The zero-order valence-corrected chi connectivity index (χ0v) is 14.5. The Balaban J connectivity index is 2.19. The molecule has 0 aliphatic carbocycles. The number of rotatable bonds is 4. The van der Waals surface area contributed by atoms with Gasteiger partial charge in [0.05, 0.1) is 22.9 Å². The number of carbonyl (C=O) groups excluding carboxylic acids is 1. The molecule has 2 heterocycles. The van der Waals surface area contributed by atoms with Gasteiger partial charge in [-0.15, -0.1) is 11.3 Å². The molecule has 0 amide bonds. The highest BCUT2D eigenvalue weighted by Crippen LogP contribution is 2.31. The lowest BCUT2D eigenvalue weighted by Crippen LogP contribution is -2.29. The number of pyridine rings is 1. The Kier molecular flexibility index (Phi) is 4.59. The number of esters is 1. The van der Waals surface area contributed by atoms with Gasteiger partial charge in [-0.3, -0.25) is 4.79 Å². The summed E-state index contributed by atoms with van der Waals surface area (Å²) in [5, 5.41) is 12.1. The first-order chi connectivity index (χ1) is 11.9. The second-order valence-corrected chi connectivity index (χ2v) is 6.75. The third kappa shape index (κ3) is 3.28. The van der Waals surface area contributed by atoms with Crippen LogP contribution >= 0.6 is 11.3 Å². The van der Waals surface area contributed by atoms with Gasteiger partial charge < -0.3 is 14.4 Å². The van der Waals surface area contributed by atoms with Crippen LogP contribution in [0.25, 0.3) is 10.2 Å². The summed E-state index contributed by atoms with van der Waals surface area (Å²) < 4.78 is 20.3. The molecular weight excluding hydrogens is 345 g/mol. The summed E-state index contributed by atoms with van der Waals surface area (Å²) in [6.45, 7) is 3.39. The minimum Gasteiger partial charge on any atom is -0.505 e. The third-order valence-electron chi connectivity index (χ3n) is 3.62. The van der Waals surface area contributed by atoms with Gasteiger partial charge in [-0.25, -0.2) is 9.18 Å². The van der Waals surface area contributed by atoms with Crippen molar-refractivity contribution in [3.05, 3.63) is 63.0 Å². The van der Waals surface area contributed by atoms with Gasteiger partial charge in [0.2, 0.25) is 0 Å². The molecule has 0 fully saturated rings. The minimum atomic E-state index is -0.874. The molecule has 1 aromatic carbocycles. The van der Waals surface area contributed by atoms with Gasteiger partial charge in [0.1, 0.15) is 5.82 Å². The number of aromatic hydroxyl groups is 1. The smallest absolute Gasteiger partial charge is 0.347 e. The van der Waals surface area contributed by atoms with Gasteiger partial charge in [0, 0.05) is 0 Å². The van der Waals surface area contributed by atoms with E-state index in [-0.39, 0.29) is 12.3 Å². The van der Waals surface area contributed by atoms with Gasteiger partial charge in [-0.2, -0.15) is 0 Å². The zero-order chi connectivity index (χ0) is 18.1. The molecule has 0 atom stereocenters. The number of aromatic nitrogens is 1. The summed E-state index contributed by atoms with van der Waals surface area (Å²) in [5.74, 6) is -1.66. The average Bonchev–Trinajstić information content (AvgIpc) is 3.00. The first kappa shape index (κ1) is 17.2. The molecule has 5 nitrogen and oxygen atoms in total. The third-order valence-corrected chi connectivity index (χ3v) is 4.53. The van der Waals surface area contributed by atoms with E-state index in [2.05, 4.69) is 0 Å². The molecule has 3 rings (SSSR count). The largest absolute Gasteiger partial charge is 0.505 e. The van der Waals surface area contributed by atoms with E-state index >= 15 is 0 Å². The van der Waals surface area contributed by atoms with Gasteiger partial charge in [0.15, 0.2) is 11.3 Å². The van der Waals surface area contributed by atoms with Crippen molar-refractivity contribution in [1.29, 1.82) is 0 Å².